The van der Waals surface area contributed by atoms with Crippen LogP contribution in [0.4, 0.5) is 5.95 Å². The molecule has 0 aromatic carbocycles. The molecule has 1 amide bonds. The summed E-state index contributed by atoms with van der Waals surface area (Å²) in [6.45, 7) is 1.97. The molecule has 0 atom stereocenters. The van der Waals surface area contributed by atoms with E-state index >= 15 is 0 Å². The van der Waals surface area contributed by atoms with Crippen molar-refractivity contribution in [3.8, 4) is 11.4 Å². The Balaban J connectivity index is 1.79. The number of pyridine rings is 1. The van der Waals surface area contributed by atoms with Crippen molar-refractivity contribution in [2.75, 3.05) is 5.32 Å². The minimum atomic E-state index is -0.257. The zero-order chi connectivity index (χ0) is 14.7. The van der Waals surface area contributed by atoms with Crippen LogP contribution in [0.3, 0.4) is 0 Å². The predicted molar refractivity (Wildman–Crippen MR) is 75.7 cm³/mol. The molecule has 0 radical (unpaired) electrons. The van der Waals surface area contributed by atoms with Crippen molar-refractivity contribution in [1.29, 1.82) is 0 Å². The van der Waals surface area contributed by atoms with Crippen LogP contribution in [0.2, 0.25) is 0 Å². The van der Waals surface area contributed by atoms with Gasteiger partial charge < -0.3 is 4.42 Å². The Labute approximate surface area is 120 Å². The Hall–Kier alpha value is -2.96. The van der Waals surface area contributed by atoms with Gasteiger partial charge >= 0.3 is 0 Å². The van der Waals surface area contributed by atoms with Gasteiger partial charge in [-0.1, -0.05) is 6.92 Å². The quantitative estimate of drug-likeness (QED) is 0.765. The number of anilines is 1. The van der Waals surface area contributed by atoms with Crippen LogP contribution in [0.5, 0.6) is 0 Å². The standard InChI is InChI=1S/C14H13N5O2/c1-2-9-7-15-5-3-11(9)13(20)17-14-16-12(18-19-14)10-4-6-21-8-10/h3-8H,2H2,1H3,(H2,16,17,18,19,20). The number of carbonyl (C=O) groups is 1. The smallest absolute Gasteiger partial charge is 0.258 e. The molecule has 3 aromatic heterocycles. The Morgan fingerprint density at radius 2 is 2.33 bits per heavy atom. The van der Waals surface area contributed by atoms with E-state index in [4.69, 9.17) is 4.42 Å². The number of aromatic amines is 1. The number of amides is 1. The normalized spacial score (nSPS) is 10.5. The van der Waals surface area contributed by atoms with Crippen molar-refractivity contribution in [3.05, 3.63) is 48.2 Å². The first kappa shape index (κ1) is 13.0. The summed E-state index contributed by atoms with van der Waals surface area (Å²) >= 11 is 0. The lowest BCUT2D eigenvalue weighted by molar-refractivity contribution is 0.102. The summed E-state index contributed by atoms with van der Waals surface area (Å²) in [6, 6.07) is 3.43. The SMILES string of the molecule is CCc1cnccc1C(=O)Nc1n[nH]c(-c2ccoc2)n1. The van der Waals surface area contributed by atoms with Crippen molar-refractivity contribution in [2.24, 2.45) is 0 Å². The summed E-state index contributed by atoms with van der Waals surface area (Å²) in [5, 5.41) is 9.38. The fraction of sp³-hybridized carbons (Fsp3) is 0.143. The number of rotatable bonds is 4. The van der Waals surface area contributed by atoms with Gasteiger partial charge in [0.2, 0.25) is 5.95 Å². The van der Waals surface area contributed by atoms with Gasteiger partial charge in [0.15, 0.2) is 5.82 Å². The molecule has 0 unspecified atom stereocenters. The van der Waals surface area contributed by atoms with Gasteiger partial charge in [0.1, 0.15) is 6.26 Å². The first-order valence-corrected chi connectivity index (χ1v) is 6.47. The average Bonchev–Trinajstić information content (AvgIpc) is 3.17. The zero-order valence-electron chi connectivity index (χ0n) is 11.3. The first-order chi connectivity index (χ1) is 10.3. The van der Waals surface area contributed by atoms with Crippen molar-refractivity contribution >= 4 is 11.9 Å². The largest absolute Gasteiger partial charge is 0.472 e. The number of hydrogen-bond acceptors (Lipinski definition) is 5. The second-order valence-corrected chi connectivity index (χ2v) is 4.36. The molecule has 2 N–H and O–H groups in total. The van der Waals surface area contributed by atoms with Crippen LogP contribution >= 0.6 is 0 Å². The molecular weight excluding hydrogens is 270 g/mol. The Kier molecular flexibility index (Phi) is 3.46. The van der Waals surface area contributed by atoms with Gasteiger partial charge in [-0.15, -0.1) is 5.10 Å². The third-order valence-corrected chi connectivity index (χ3v) is 3.03. The molecule has 3 aromatic rings. The highest BCUT2D eigenvalue weighted by molar-refractivity contribution is 6.04. The van der Waals surface area contributed by atoms with Gasteiger partial charge in [0.25, 0.3) is 5.91 Å². The van der Waals surface area contributed by atoms with E-state index in [1.807, 2.05) is 6.92 Å². The van der Waals surface area contributed by atoms with E-state index in [0.29, 0.717) is 11.4 Å². The molecule has 21 heavy (non-hydrogen) atoms. The number of nitrogens with zero attached hydrogens (tertiary/aromatic N) is 3. The number of carbonyl (C=O) groups excluding carboxylic acids is 1. The second kappa shape index (κ2) is 5.58. The third-order valence-electron chi connectivity index (χ3n) is 3.03. The topological polar surface area (TPSA) is 96.7 Å². The molecule has 0 saturated carbocycles. The van der Waals surface area contributed by atoms with E-state index in [2.05, 4.69) is 25.5 Å². The van der Waals surface area contributed by atoms with E-state index in [0.717, 1.165) is 17.5 Å². The number of nitrogens with one attached hydrogen (secondary N) is 2. The van der Waals surface area contributed by atoms with Crippen molar-refractivity contribution in [2.45, 2.75) is 13.3 Å². The molecule has 0 bridgehead atoms. The predicted octanol–water partition coefficient (Wildman–Crippen LogP) is 2.27. The van der Waals surface area contributed by atoms with Crippen molar-refractivity contribution in [1.82, 2.24) is 20.2 Å². The van der Waals surface area contributed by atoms with Crippen LogP contribution in [0.1, 0.15) is 22.8 Å². The third kappa shape index (κ3) is 2.66. The fourth-order valence-corrected chi connectivity index (χ4v) is 1.95. The number of furan rings is 1. The molecule has 7 heteroatoms. The highest BCUT2D eigenvalue weighted by Crippen LogP contribution is 2.16. The van der Waals surface area contributed by atoms with E-state index in [9.17, 15) is 4.79 Å². The molecule has 0 aliphatic rings. The lowest BCUT2D eigenvalue weighted by Gasteiger charge is -2.05. The molecule has 3 rings (SSSR count). The van der Waals surface area contributed by atoms with Crippen LogP contribution in [0, 0.1) is 0 Å². The second-order valence-electron chi connectivity index (χ2n) is 4.36. The molecule has 0 spiro atoms. The van der Waals surface area contributed by atoms with Crippen molar-refractivity contribution in [3.63, 3.8) is 0 Å². The monoisotopic (exact) mass is 283 g/mol. The molecule has 0 saturated heterocycles. The minimum Gasteiger partial charge on any atom is -0.472 e. The maximum atomic E-state index is 12.2. The summed E-state index contributed by atoms with van der Waals surface area (Å²) in [4.78, 5) is 20.5. The maximum absolute atomic E-state index is 12.2. The van der Waals surface area contributed by atoms with E-state index in [1.165, 1.54) is 0 Å². The van der Waals surface area contributed by atoms with E-state index in [1.54, 1.807) is 37.1 Å². The molecule has 7 nitrogen and oxygen atoms in total. The number of aromatic nitrogens is 4. The summed E-state index contributed by atoms with van der Waals surface area (Å²) in [5.41, 5.74) is 2.21. The molecule has 106 valence electrons. The Morgan fingerprint density at radius 1 is 1.43 bits per heavy atom. The fourth-order valence-electron chi connectivity index (χ4n) is 1.95. The van der Waals surface area contributed by atoms with Crippen LogP contribution in [-0.4, -0.2) is 26.1 Å². The Morgan fingerprint density at radius 3 is 3.10 bits per heavy atom. The molecule has 0 aliphatic heterocycles. The Bertz CT molecular complexity index is 748. The highest BCUT2D eigenvalue weighted by Gasteiger charge is 2.13. The summed E-state index contributed by atoms with van der Waals surface area (Å²) in [7, 11) is 0. The molecule has 0 fully saturated rings. The van der Waals surface area contributed by atoms with Gasteiger partial charge in [-0.25, -0.2) is 0 Å². The van der Waals surface area contributed by atoms with Crippen molar-refractivity contribution < 1.29 is 9.21 Å². The van der Waals surface area contributed by atoms with Crippen LogP contribution in [0.25, 0.3) is 11.4 Å². The molecule has 0 aliphatic carbocycles. The van der Waals surface area contributed by atoms with E-state index in [-0.39, 0.29) is 11.9 Å². The van der Waals surface area contributed by atoms with Crippen LogP contribution in [-0.2, 0) is 6.42 Å². The van der Waals surface area contributed by atoms with E-state index < -0.39 is 0 Å². The number of hydrogen-bond donors (Lipinski definition) is 2. The van der Waals surface area contributed by atoms with Gasteiger partial charge in [-0.05, 0) is 24.1 Å². The highest BCUT2D eigenvalue weighted by atomic mass is 16.3. The minimum absolute atomic E-state index is 0.218. The molecule has 3 heterocycles. The van der Waals surface area contributed by atoms with Gasteiger partial charge in [0, 0.05) is 18.0 Å². The number of H-pyrrole nitrogens is 1. The van der Waals surface area contributed by atoms with Gasteiger partial charge in [-0.2, -0.15) is 4.98 Å². The first-order valence-electron chi connectivity index (χ1n) is 6.47. The van der Waals surface area contributed by atoms with Gasteiger partial charge in [-0.3, -0.25) is 20.2 Å². The molecular formula is C14H13N5O2. The zero-order valence-corrected chi connectivity index (χ0v) is 11.3. The van der Waals surface area contributed by atoms with Crippen LogP contribution < -0.4 is 5.32 Å². The lowest BCUT2D eigenvalue weighted by atomic mass is 10.1. The summed E-state index contributed by atoms with van der Waals surface area (Å²) in [6.07, 6.45) is 7.09. The maximum Gasteiger partial charge on any atom is 0.258 e. The van der Waals surface area contributed by atoms with Crippen LogP contribution in [0.15, 0.2) is 41.5 Å². The number of aryl methyl sites for hydroxylation is 1. The summed E-state index contributed by atoms with van der Waals surface area (Å²) < 4.78 is 4.98. The van der Waals surface area contributed by atoms with Gasteiger partial charge in [0.05, 0.1) is 11.8 Å². The summed E-state index contributed by atoms with van der Waals surface area (Å²) in [5.74, 6) is 0.492. The lowest BCUT2D eigenvalue weighted by Crippen LogP contribution is -2.15. The average molecular weight is 283 g/mol.